The summed E-state index contributed by atoms with van der Waals surface area (Å²) in [6.07, 6.45) is 1.83. The van der Waals surface area contributed by atoms with Crippen LogP contribution in [-0.4, -0.2) is 23.5 Å². The lowest BCUT2D eigenvalue weighted by Gasteiger charge is -2.00. The van der Waals surface area contributed by atoms with E-state index in [1.54, 1.807) is 0 Å². The molecule has 0 aliphatic heterocycles. The Bertz CT molecular complexity index is 86.1. The molecule has 0 saturated carbocycles. The predicted octanol–water partition coefficient (Wildman–Crippen LogP) is 1.24. The first-order chi connectivity index (χ1) is 3.72. The SMILES string of the molecule is COC(=O)[C@@H](Br)SC. The zero-order valence-corrected chi connectivity index (χ0v) is 7.08. The minimum Gasteiger partial charge on any atom is -0.468 e. The van der Waals surface area contributed by atoms with Gasteiger partial charge in [-0.2, -0.15) is 0 Å². The summed E-state index contributed by atoms with van der Waals surface area (Å²) >= 11 is 4.49. The molecule has 0 heterocycles. The van der Waals surface area contributed by atoms with Crippen LogP contribution in [0.2, 0.25) is 0 Å². The molecule has 0 spiro atoms. The zero-order valence-electron chi connectivity index (χ0n) is 4.68. The lowest BCUT2D eigenvalue weighted by Crippen LogP contribution is -2.10. The van der Waals surface area contributed by atoms with Crippen LogP contribution in [0.4, 0.5) is 0 Å². The highest BCUT2D eigenvalue weighted by Crippen LogP contribution is 2.14. The third-order valence-corrected chi connectivity index (χ3v) is 2.70. The van der Waals surface area contributed by atoms with E-state index in [1.165, 1.54) is 18.9 Å². The summed E-state index contributed by atoms with van der Waals surface area (Å²) in [7, 11) is 1.37. The number of carbonyl (C=O) groups excluding carboxylic acids is 1. The maximum atomic E-state index is 10.5. The number of halogens is 1. The number of esters is 1. The van der Waals surface area contributed by atoms with E-state index in [0.717, 1.165) is 0 Å². The van der Waals surface area contributed by atoms with Crippen LogP contribution in [0.1, 0.15) is 0 Å². The Kier molecular flexibility index (Phi) is 4.36. The van der Waals surface area contributed by atoms with Crippen molar-refractivity contribution in [3.8, 4) is 0 Å². The molecule has 0 rings (SSSR count). The van der Waals surface area contributed by atoms with Crippen molar-refractivity contribution in [1.29, 1.82) is 0 Å². The van der Waals surface area contributed by atoms with Gasteiger partial charge in [0.25, 0.3) is 0 Å². The van der Waals surface area contributed by atoms with Crippen LogP contribution in [0, 0.1) is 0 Å². The van der Waals surface area contributed by atoms with E-state index in [4.69, 9.17) is 0 Å². The summed E-state index contributed by atoms with van der Waals surface area (Å²) in [6, 6.07) is 0. The van der Waals surface area contributed by atoms with Crippen molar-refractivity contribution in [2.75, 3.05) is 13.4 Å². The van der Waals surface area contributed by atoms with Crippen molar-refractivity contribution in [1.82, 2.24) is 0 Å². The molecule has 8 heavy (non-hydrogen) atoms. The Labute approximate surface area is 61.1 Å². The van der Waals surface area contributed by atoms with Gasteiger partial charge in [-0.1, -0.05) is 15.9 Å². The number of methoxy groups -OCH3 is 1. The van der Waals surface area contributed by atoms with E-state index >= 15 is 0 Å². The quantitative estimate of drug-likeness (QED) is 0.494. The molecular formula is C4H7BrO2S. The first kappa shape index (κ1) is 8.30. The first-order valence-corrected chi connectivity index (χ1v) is 4.17. The van der Waals surface area contributed by atoms with Gasteiger partial charge in [0.2, 0.25) is 0 Å². The number of hydrogen-bond acceptors (Lipinski definition) is 3. The first-order valence-electron chi connectivity index (χ1n) is 1.97. The van der Waals surface area contributed by atoms with E-state index in [1.807, 2.05) is 6.26 Å². The molecule has 0 N–H and O–H groups in total. The van der Waals surface area contributed by atoms with E-state index in [9.17, 15) is 4.79 Å². The van der Waals surface area contributed by atoms with Crippen molar-refractivity contribution in [2.45, 2.75) is 4.16 Å². The second kappa shape index (κ2) is 4.21. The Morgan fingerprint density at radius 2 is 2.38 bits per heavy atom. The van der Waals surface area contributed by atoms with Gasteiger partial charge >= 0.3 is 5.97 Å². The van der Waals surface area contributed by atoms with Gasteiger partial charge in [-0.3, -0.25) is 0 Å². The van der Waals surface area contributed by atoms with Gasteiger partial charge in [0.1, 0.15) is 0 Å². The third kappa shape index (κ3) is 2.57. The summed E-state index contributed by atoms with van der Waals surface area (Å²) in [4.78, 5) is 10.5. The van der Waals surface area contributed by atoms with Gasteiger partial charge in [0, 0.05) is 0 Å². The van der Waals surface area contributed by atoms with Crippen molar-refractivity contribution in [2.24, 2.45) is 0 Å². The van der Waals surface area contributed by atoms with Crippen LogP contribution in [0.15, 0.2) is 0 Å². The third-order valence-electron chi connectivity index (χ3n) is 0.593. The maximum Gasteiger partial charge on any atom is 0.329 e. The number of hydrogen-bond donors (Lipinski definition) is 0. The second-order valence-electron chi connectivity index (χ2n) is 1.07. The molecule has 1 atom stereocenters. The summed E-state index contributed by atoms with van der Waals surface area (Å²) < 4.78 is 4.18. The molecular weight excluding hydrogens is 192 g/mol. The Morgan fingerprint density at radius 3 is 2.50 bits per heavy atom. The number of rotatable bonds is 2. The van der Waals surface area contributed by atoms with Crippen molar-refractivity contribution >= 4 is 33.7 Å². The Morgan fingerprint density at radius 1 is 1.88 bits per heavy atom. The van der Waals surface area contributed by atoms with Crippen molar-refractivity contribution < 1.29 is 9.53 Å². The molecule has 0 aromatic heterocycles. The van der Waals surface area contributed by atoms with Gasteiger partial charge in [-0.15, -0.1) is 11.8 Å². The molecule has 0 aromatic carbocycles. The van der Waals surface area contributed by atoms with Crippen LogP contribution in [0.5, 0.6) is 0 Å². The van der Waals surface area contributed by atoms with Gasteiger partial charge in [0.15, 0.2) is 4.16 Å². The lowest BCUT2D eigenvalue weighted by molar-refractivity contribution is -0.138. The molecule has 0 aromatic rings. The van der Waals surface area contributed by atoms with E-state index in [2.05, 4.69) is 20.7 Å². The van der Waals surface area contributed by atoms with Crippen LogP contribution in [0.25, 0.3) is 0 Å². The summed E-state index contributed by atoms with van der Waals surface area (Å²) in [5.74, 6) is -0.238. The van der Waals surface area contributed by atoms with Crippen molar-refractivity contribution in [3.63, 3.8) is 0 Å². The van der Waals surface area contributed by atoms with Crippen LogP contribution < -0.4 is 0 Å². The van der Waals surface area contributed by atoms with Crippen LogP contribution in [-0.2, 0) is 9.53 Å². The summed E-state index contributed by atoms with van der Waals surface area (Å²) in [6.45, 7) is 0. The average Bonchev–Trinajstić information content (AvgIpc) is 1.84. The Balaban J connectivity index is 3.46. The van der Waals surface area contributed by atoms with E-state index in [-0.39, 0.29) is 10.1 Å². The van der Waals surface area contributed by atoms with Crippen LogP contribution >= 0.6 is 27.7 Å². The zero-order chi connectivity index (χ0) is 6.57. The number of alkyl halides is 1. The molecule has 0 fully saturated rings. The highest BCUT2D eigenvalue weighted by molar-refractivity contribution is 9.11. The minimum atomic E-state index is -0.238. The number of thioether (sulfide) groups is 1. The van der Waals surface area contributed by atoms with Gasteiger partial charge in [-0.05, 0) is 6.26 Å². The van der Waals surface area contributed by atoms with Crippen LogP contribution in [0.3, 0.4) is 0 Å². The second-order valence-corrected chi connectivity index (χ2v) is 3.54. The molecule has 0 aliphatic carbocycles. The predicted molar refractivity (Wildman–Crippen MR) is 38.2 cm³/mol. The fourth-order valence-electron chi connectivity index (χ4n) is 0.189. The molecule has 0 bridgehead atoms. The smallest absolute Gasteiger partial charge is 0.329 e. The minimum absolute atomic E-state index is 0.215. The molecule has 4 heteroatoms. The standard InChI is InChI=1S/C4H7BrO2S/c1-7-4(6)3(5)8-2/h3H,1-2H3/t3-/m0/s1. The number of carbonyl (C=O) groups is 1. The highest BCUT2D eigenvalue weighted by atomic mass is 79.9. The lowest BCUT2D eigenvalue weighted by atomic mass is 10.8. The molecule has 0 unspecified atom stereocenters. The molecule has 0 saturated heterocycles. The molecule has 0 radical (unpaired) electrons. The number of ether oxygens (including phenoxy) is 1. The van der Waals surface area contributed by atoms with Crippen molar-refractivity contribution in [3.05, 3.63) is 0 Å². The van der Waals surface area contributed by atoms with Gasteiger partial charge < -0.3 is 4.74 Å². The van der Waals surface area contributed by atoms with E-state index < -0.39 is 0 Å². The largest absolute Gasteiger partial charge is 0.468 e. The topological polar surface area (TPSA) is 26.3 Å². The maximum absolute atomic E-state index is 10.5. The summed E-state index contributed by atoms with van der Waals surface area (Å²) in [5, 5.41) is 0. The highest BCUT2D eigenvalue weighted by Gasteiger charge is 2.11. The monoisotopic (exact) mass is 198 g/mol. The fraction of sp³-hybridized carbons (Fsp3) is 0.750. The van der Waals surface area contributed by atoms with Gasteiger partial charge in [0.05, 0.1) is 7.11 Å². The average molecular weight is 199 g/mol. The molecule has 0 aliphatic rings. The summed E-state index contributed by atoms with van der Waals surface area (Å²) in [5.41, 5.74) is 0. The Hall–Kier alpha value is 0.300. The van der Waals surface area contributed by atoms with E-state index in [0.29, 0.717) is 0 Å². The molecule has 2 nitrogen and oxygen atoms in total. The molecule has 0 amide bonds. The fourth-order valence-corrected chi connectivity index (χ4v) is 0.664. The molecule has 48 valence electrons. The van der Waals surface area contributed by atoms with Gasteiger partial charge in [-0.25, -0.2) is 4.79 Å². The normalized spacial score (nSPS) is 12.9.